The largest absolute Gasteiger partial charge is 0.416 e. The Morgan fingerprint density at radius 2 is 1.86 bits per heavy atom. The molecule has 0 spiro atoms. The number of alkyl halides is 3. The lowest BCUT2D eigenvalue weighted by atomic mass is 10.1. The van der Waals surface area contributed by atoms with E-state index in [1.54, 1.807) is 0 Å². The van der Waals surface area contributed by atoms with Gasteiger partial charge in [0.05, 0.1) is 11.1 Å². The van der Waals surface area contributed by atoms with Crippen molar-refractivity contribution in [3.8, 4) is 0 Å². The number of halogens is 4. The second kappa shape index (κ2) is 3.61. The number of thiol groups is 1. The van der Waals surface area contributed by atoms with Gasteiger partial charge in [-0.2, -0.15) is 13.2 Å². The van der Waals surface area contributed by atoms with Crippen molar-refractivity contribution in [1.29, 1.82) is 0 Å². The number of rotatable bonds is 1. The second-order valence-corrected chi connectivity index (χ2v) is 2.90. The topological polar surface area (TPSA) is 17.1 Å². The monoisotopic (exact) mass is 224 g/mol. The predicted molar refractivity (Wildman–Crippen MR) is 44.7 cm³/mol. The SMILES string of the molecule is O=C(S)c1cc(C(F)(F)F)ccc1F. The van der Waals surface area contributed by atoms with E-state index >= 15 is 0 Å². The zero-order chi connectivity index (χ0) is 10.9. The van der Waals surface area contributed by atoms with E-state index in [0.717, 1.165) is 0 Å². The van der Waals surface area contributed by atoms with E-state index in [1.165, 1.54) is 0 Å². The van der Waals surface area contributed by atoms with E-state index < -0.39 is 28.2 Å². The summed E-state index contributed by atoms with van der Waals surface area (Å²) in [4.78, 5) is 10.6. The highest BCUT2D eigenvalue weighted by atomic mass is 32.1. The van der Waals surface area contributed by atoms with Gasteiger partial charge in [-0.3, -0.25) is 4.79 Å². The molecule has 0 aromatic heterocycles. The van der Waals surface area contributed by atoms with Crippen LogP contribution < -0.4 is 0 Å². The molecule has 0 amide bonds. The molecule has 0 aliphatic rings. The molecule has 1 nitrogen and oxygen atoms in total. The lowest BCUT2D eigenvalue weighted by molar-refractivity contribution is -0.137. The zero-order valence-electron chi connectivity index (χ0n) is 6.60. The number of benzene rings is 1. The van der Waals surface area contributed by atoms with Crippen LogP contribution in [0.5, 0.6) is 0 Å². The Morgan fingerprint density at radius 3 is 2.29 bits per heavy atom. The fraction of sp³-hybridized carbons (Fsp3) is 0.125. The predicted octanol–water partition coefficient (Wildman–Crippen LogP) is 2.91. The van der Waals surface area contributed by atoms with Gasteiger partial charge in [0, 0.05) is 0 Å². The van der Waals surface area contributed by atoms with Gasteiger partial charge in [0.15, 0.2) is 0 Å². The van der Waals surface area contributed by atoms with Crippen LogP contribution in [0.2, 0.25) is 0 Å². The van der Waals surface area contributed by atoms with E-state index in [1.807, 2.05) is 0 Å². The lowest BCUT2D eigenvalue weighted by Gasteiger charge is -2.07. The standard InChI is InChI=1S/C8H4F4OS/c9-6-2-1-4(8(10,11)12)3-5(6)7(13)14/h1-3H,(H,13,14). The minimum Gasteiger partial charge on any atom is -0.282 e. The van der Waals surface area contributed by atoms with Gasteiger partial charge in [-0.15, -0.1) is 12.6 Å². The molecule has 6 heteroatoms. The summed E-state index contributed by atoms with van der Waals surface area (Å²) in [7, 11) is 0. The molecule has 0 saturated carbocycles. The van der Waals surface area contributed by atoms with E-state index in [-0.39, 0.29) is 0 Å². The van der Waals surface area contributed by atoms with Crippen LogP contribution >= 0.6 is 12.6 Å². The van der Waals surface area contributed by atoms with Crippen molar-refractivity contribution in [3.05, 3.63) is 35.1 Å². The Labute approximate surface area is 82.1 Å². The molecule has 0 fully saturated rings. The Balaban J connectivity index is 3.27. The summed E-state index contributed by atoms with van der Waals surface area (Å²) < 4.78 is 49.1. The van der Waals surface area contributed by atoms with Crippen molar-refractivity contribution in [1.82, 2.24) is 0 Å². The van der Waals surface area contributed by atoms with Gasteiger partial charge in [-0.05, 0) is 18.2 Å². The second-order valence-electron chi connectivity index (χ2n) is 2.50. The molecule has 0 aliphatic heterocycles. The summed E-state index contributed by atoms with van der Waals surface area (Å²) >= 11 is 3.25. The molecule has 76 valence electrons. The van der Waals surface area contributed by atoms with Gasteiger partial charge in [-0.1, -0.05) is 0 Å². The number of hydrogen-bond donors (Lipinski definition) is 1. The van der Waals surface area contributed by atoms with Crippen molar-refractivity contribution < 1.29 is 22.4 Å². The summed E-state index contributed by atoms with van der Waals surface area (Å²) in [6.45, 7) is 0. The maximum Gasteiger partial charge on any atom is 0.416 e. The van der Waals surface area contributed by atoms with Crippen LogP contribution in [0.3, 0.4) is 0 Å². The fourth-order valence-corrected chi connectivity index (χ4v) is 1.04. The molecule has 0 saturated heterocycles. The molecular formula is C8H4F4OS. The third-order valence-electron chi connectivity index (χ3n) is 1.52. The van der Waals surface area contributed by atoms with E-state index in [9.17, 15) is 22.4 Å². The van der Waals surface area contributed by atoms with Crippen molar-refractivity contribution in [3.63, 3.8) is 0 Å². The molecule has 1 rings (SSSR count). The molecule has 14 heavy (non-hydrogen) atoms. The maximum atomic E-state index is 12.8. The van der Waals surface area contributed by atoms with Crippen LogP contribution in [0.4, 0.5) is 17.6 Å². The van der Waals surface area contributed by atoms with E-state index in [2.05, 4.69) is 12.6 Å². The van der Waals surface area contributed by atoms with Crippen LogP contribution in [0.1, 0.15) is 15.9 Å². The Hall–Kier alpha value is -1.04. The van der Waals surface area contributed by atoms with Crippen molar-refractivity contribution >= 4 is 17.7 Å². The Bertz CT molecular complexity index is 372. The van der Waals surface area contributed by atoms with Crippen molar-refractivity contribution in [2.75, 3.05) is 0 Å². The first-order chi connectivity index (χ1) is 6.32. The normalized spacial score (nSPS) is 11.5. The lowest BCUT2D eigenvalue weighted by Crippen LogP contribution is -2.07. The highest BCUT2D eigenvalue weighted by Gasteiger charge is 2.31. The minimum absolute atomic E-state index is 0.435. The van der Waals surface area contributed by atoms with Gasteiger partial charge < -0.3 is 0 Å². The number of carbonyl (C=O) groups excluding carboxylic acids is 1. The molecule has 0 radical (unpaired) electrons. The van der Waals surface area contributed by atoms with Crippen LogP contribution in [0, 0.1) is 5.82 Å². The maximum absolute atomic E-state index is 12.8. The first-order valence-corrected chi connectivity index (χ1v) is 3.87. The first kappa shape index (κ1) is 11.0. The summed E-state index contributed by atoms with van der Waals surface area (Å²) in [5.41, 5.74) is -1.75. The molecular weight excluding hydrogens is 220 g/mol. The molecule has 0 aliphatic carbocycles. The Morgan fingerprint density at radius 1 is 1.29 bits per heavy atom. The highest BCUT2D eigenvalue weighted by Crippen LogP contribution is 2.30. The average molecular weight is 224 g/mol. The van der Waals surface area contributed by atoms with Crippen LogP contribution in [-0.4, -0.2) is 5.12 Å². The van der Waals surface area contributed by atoms with E-state index in [0.29, 0.717) is 18.2 Å². The van der Waals surface area contributed by atoms with Gasteiger partial charge in [-0.25, -0.2) is 4.39 Å². The average Bonchev–Trinajstić information content (AvgIpc) is 2.02. The molecule has 0 N–H and O–H groups in total. The summed E-state index contributed by atoms with van der Waals surface area (Å²) in [6.07, 6.45) is -4.59. The number of carbonyl (C=O) groups is 1. The molecule has 1 aromatic carbocycles. The highest BCUT2D eigenvalue weighted by molar-refractivity contribution is 7.97. The quantitative estimate of drug-likeness (QED) is 0.573. The van der Waals surface area contributed by atoms with Gasteiger partial charge in [0.2, 0.25) is 5.12 Å². The molecule has 1 aromatic rings. The first-order valence-electron chi connectivity index (χ1n) is 3.42. The third kappa shape index (κ3) is 2.25. The summed E-state index contributed by atoms with van der Waals surface area (Å²) in [5, 5.41) is -1.03. The third-order valence-corrected chi connectivity index (χ3v) is 1.76. The molecule has 0 heterocycles. The fourth-order valence-electron chi connectivity index (χ4n) is 0.865. The minimum atomic E-state index is -4.59. The summed E-state index contributed by atoms with van der Waals surface area (Å²) in [6, 6.07) is 1.59. The smallest absolute Gasteiger partial charge is 0.282 e. The Kier molecular flexibility index (Phi) is 2.84. The van der Waals surface area contributed by atoms with E-state index in [4.69, 9.17) is 0 Å². The van der Waals surface area contributed by atoms with Crippen LogP contribution in [0.15, 0.2) is 18.2 Å². The van der Waals surface area contributed by atoms with Crippen LogP contribution in [0.25, 0.3) is 0 Å². The van der Waals surface area contributed by atoms with Gasteiger partial charge in [0.25, 0.3) is 0 Å². The molecule has 0 atom stereocenters. The van der Waals surface area contributed by atoms with Crippen molar-refractivity contribution in [2.24, 2.45) is 0 Å². The van der Waals surface area contributed by atoms with Crippen molar-refractivity contribution in [2.45, 2.75) is 6.18 Å². The number of hydrogen-bond acceptors (Lipinski definition) is 1. The van der Waals surface area contributed by atoms with Crippen LogP contribution in [-0.2, 0) is 6.18 Å². The zero-order valence-corrected chi connectivity index (χ0v) is 7.49. The molecule has 0 bridgehead atoms. The van der Waals surface area contributed by atoms with Gasteiger partial charge >= 0.3 is 6.18 Å². The molecule has 0 unspecified atom stereocenters. The van der Waals surface area contributed by atoms with Gasteiger partial charge in [0.1, 0.15) is 5.82 Å². The summed E-state index contributed by atoms with van der Waals surface area (Å²) in [5.74, 6) is -1.02.